The molecule has 0 radical (unpaired) electrons. The predicted molar refractivity (Wildman–Crippen MR) is 108 cm³/mol. The van der Waals surface area contributed by atoms with Crippen molar-refractivity contribution >= 4 is 15.9 Å². The van der Waals surface area contributed by atoms with Crippen LogP contribution in [-0.4, -0.2) is 79.0 Å². The number of ether oxygens (including phenoxy) is 2. The van der Waals surface area contributed by atoms with Gasteiger partial charge in [-0.25, -0.2) is 18.4 Å². The first kappa shape index (κ1) is 20.7. The molecule has 2 aliphatic heterocycles. The zero-order valence-electron chi connectivity index (χ0n) is 16.5. The maximum Gasteiger partial charge on any atom is 0.316 e. The molecular weight excluding hydrogens is 408 g/mol. The van der Waals surface area contributed by atoms with E-state index in [2.05, 4.69) is 9.97 Å². The number of hydrogen-bond donors (Lipinski definition) is 0. The Balaban J connectivity index is 1.41. The van der Waals surface area contributed by atoms with Crippen LogP contribution in [0.4, 0.5) is 0 Å². The van der Waals surface area contributed by atoms with E-state index in [1.54, 1.807) is 35.5 Å². The van der Waals surface area contributed by atoms with E-state index in [1.165, 1.54) is 16.4 Å². The van der Waals surface area contributed by atoms with Crippen molar-refractivity contribution in [1.29, 1.82) is 0 Å². The van der Waals surface area contributed by atoms with Crippen molar-refractivity contribution in [3.05, 3.63) is 48.3 Å². The van der Waals surface area contributed by atoms with Crippen molar-refractivity contribution in [1.82, 2.24) is 19.2 Å². The Morgan fingerprint density at radius 1 is 1.07 bits per heavy atom. The lowest BCUT2D eigenvalue weighted by Crippen LogP contribution is -2.44. The number of carbonyl (C=O) groups excluding carboxylic acids is 1. The minimum absolute atomic E-state index is 0.146. The number of nitrogens with zero attached hydrogens (tertiary/aromatic N) is 4. The van der Waals surface area contributed by atoms with Gasteiger partial charge in [0.1, 0.15) is 6.10 Å². The smallest absolute Gasteiger partial charge is 0.316 e. The maximum atomic E-state index is 12.9. The quantitative estimate of drug-likeness (QED) is 0.699. The highest BCUT2D eigenvalue weighted by atomic mass is 32.2. The summed E-state index contributed by atoms with van der Waals surface area (Å²) in [6.45, 7) is 2.52. The Bertz CT molecular complexity index is 962. The summed E-state index contributed by atoms with van der Waals surface area (Å²) in [5.41, 5.74) is 0.451. The summed E-state index contributed by atoms with van der Waals surface area (Å²) in [7, 11) is -3.58. The second kappa shape index (κ2) is 9.07. The van der Waals surface area contributed by atoms with E-state index in [-0.39, 0.29) is 16.9 Å². The lowest BCUT2D eigenvalue weighted by Gasteiger charge is -2.32. The summed E-state index contributed by atoms with van der Waals surface area (Å²) < 4.78 is 37.9. The number of aromatic nitrogens is 2. The molecule has 30 heavy (non-hydrogen) atoms. The number of benzene rings is 1. The van der Waals surface area contributed by atoms with Crippen LogP contribution in [0.3, 0.4) is 0 Å². The Kier molecular flexibility index (Phi) is 6.26. The van der Waals surface area contributed by atoms with Gasteiger partial charge in [-0.05, 0) is 43.2 Å². The average molecular weight is 433 g/mol. The van der Waals surface area contributed by atoms with E-state index in [1.807, 2.05) is 0 Å². The van der Waals surface area contributed by atoms with Gasteiger partial charge in [-0.1, -0.05) is 0 Å². The zero-order valence-corrected chi connectivity index (χ0v) is 17.3. The third-order valence-corrected chi connectivity index (χ3v) is 7.10. The predicted octanol–water partition coefficient (Wildman–Crippen LogP) is 1.18. The van der Waals surface area contributed by atoms with Crippen LogP contribution < -0.4 is 4.74 Å². The topological polar surface area (TPSA) is 102 Å². The van der Waals surface area contributed by atoms with Gasteiger partial charge in [0.15, 0.2) is 0 Å². The molecule has 0 N–H and O–H groups in total. The molecule has 1 atom stereocenters. The molecule has 0 spiro atoms. The summed E-state index contributed by atoms with van der Waals surface area (Å²) >= 11 is 0. The van der Waals surface area contributed by atoms with E-state index >= 15 is 0 Å². The fourth-order valence-electron chi connectivity index (χ4n) is 3.60. The molecule has 0 bridgehead atoms. The van der Waals surface area contributed by atoms with E-state index in [0.717, 1.165) is 12.8 Å². The van der Waals surface area contributed by atoms with Gasteiger partial charge in [0, 0.05) is 37.6 Å². The van der Waals surface area contributed by atoms with Gasteiger partial charge in [0.2, 0.25) is 10.0 Å². The molecule has 2 aliphatic rings. The highest BCUT2D eigenvalue weighted by molar-refractivity contribution is 7.89. The molecule has 2 aromatic rings. The van der Waals surface area contributed by atoms with Crippen molar-refractivity contribution in [2.75, 3.05) is 39.4 Å². The van der Waals surface area contributed by atoms with Gasteiger partial charge in [0.25, 0.3) is 5.91 Å². The number of sulfonamides is 1. The van der Waals surface area contributed by atoms with E-state index < -0.39 is 10.0 Å². The number of hydrogen-bond acceptors (Lipinski definition) is 7. The number of morpholine rings is 1. The third kappa shape index (κ3) is 4.61. The Labute approximate surface area is 175 Å². The van der Waals surface area contributed by atoms with Gasteiger partial charge in [-0.2, -0.15) is 4.31 Å². The van der Waals surface area contributed by atoms with Gasteiger partial charge in [-0.3, -0.25) is 4.79 Å². The largest absolute Gasteiger partial charge is 0.458 e. The minimum atomic E-state index is -3.58. The van der Waals surface area contributed by atoms with Crippen molar-refractivity contribution < 1.29 is 22.7 Å². The van der Waals surface area contributed by atoms with Crippen molar-refractivity contribution in [2.45, 2.75) is 23.8 Å². The first-order chi connectivity index (χ1) is 14.5. The van der Waals surface area contributed by atoms with Gasteiger partial charge in [0.05, 0.1) is 24.7 Å². The monoisotopic (exact) mass is 432 g/mol. The maximum absolute atomic E-state index is 12.9. The van der Waals surface area contributed by atoms with E-state index in [9.17, 15) is 13.2 Å². The fraction of sp³-hybridized carbons (Fsp3) is 0.450. The Morgan fingerprint density at radius 3 is 2.47 bits per heavy atom. The number of piperidine rings is 1. The molecule has 2 saturated heterocycles. The molecule has 10 heteroatoms. The number of amides is 1. The highest BCUT2D eigenvalue weighted by Gasteiger charge is 2.28. The minimum Gasteiger partial charge on any atom is -0.458 e. The summed E-state index contributed by atoms with van der Waals surface area (Å²) in [4.78, 5) is 23.0. The summed E-state index contributed by atoms with van der Waals surface area (Å²) in [5, 5.41) is 0. The SMILES string of the molecule is O=C(c1ccc(S(=O)(=O)N2CCOCC2)cc1)N1CCC[C@@H](Oc2ncccn2)C1. The number of rotatable bonds is 5. The lowest BCUT2D eigenvalue weighted by molar-refractivity contribution is 0.0515. The molecule has 0 aliphatic carbocycles. The van der Waals surface area contributed by atoms with Crippen LogP contribution in [0.2, 0.25) is 0 Å². The van der Waals surface area contributed by atoms with Crippen LogP contribution in [0.5, 0.6) is 6.01 Å². The Hall–Kier alpha value is -2.56. The third-order valence-electron chi connectivity index (χ3n) is 5.19. The van der Waals surface area contributed by atoms with E-state index in [4.69, 9.17) is 9.47 Å². The molecule has 4 rings (SSSR count). The van der Waals surface area contributed by atoms with Gasteiger partial charge < -0.3 is 14.4 Å². The standard InChI is InChI=1S/C20H24N4O5S/c25-19(23-10-1-3-17(15-23)29-20-21-8-2-9-22-20)16-4-6-18(7-5-16)30(26,27)24-11-13-28-14-12-24/h2,4-9,17H,1,3,10-15H2/t17-/m1/s1. The van der Waals surface area contributed by atoms with Crippen LogP contribution >= 0.6 is 0 Å². The van der Waals surface area contributed by atoms with Crippen molar-refractivity contribution in [3.63, 3.8) is 0 Å². The number of likely N-dealkylation sites (tertiary alicyclic amines) is 1. The zero-order chi connectivity index (χ0) is 21.0. The molecule has 3 heterocycles. The first-order valence-electron chi connectivity index (χ1n) is 9.95. The first-order valence-corrected chi connectivity index (χ1v) is 11.4. The molecule has 1 aromatic carbocycles. The molecule has 1 amide bonds. The normalized spacial score (nSPS) is 20.7. The molecule has 1 aromatic heterocycles. The number of carbonyl (C=O) groups is 1. The summed E-state index contributed by atoms with van der Waals surface area (Å²) in [6, 6.07) is 8.14. The van der Waals surface area contributed by atoms with Crippen LogP contribution in [0.1, 0.15) is 23.2 Å². The van der Waals surface area contributed by atoms with Crippen LogP contribution in [0, 0.1) is 0 Å². The Morgan fingerprint density at radius 2 is 1.77 bits per heavy atom. The molecular formula is C20H24N4O5S. The molecule has 160 valence electrons. The van der Waals surface area contributed by atoms with Crippen molar-refractivity contribution in [3.8, 4) is 6.01 Å². The van der Waals surface area contributed by atoms with Crippen LogP contribution in [0.15, 0.2) is 47.6 Å². The molecule has 2 fully saturated rings. The van der Waals surface area contributed by atoms with Crippen molar-refractivity contribution in [2.24, 2.45) is 0 Å². The van der Waals surface area contributed by atoms with E-state index in [0.29, 0.717) is 51.0 Å². The second-order valence-corrected chi connectivity index (χ2v) is 9.14. The second-order valence-electron chi connectivity index (χ2n) is 7.21. The van der Waals surface area contributed by atoms with Gasteiger partial charge >= 0.3 is 6.01 Å². The summed E-state index contributed by atoms with van der Waals surface area (Å²) in [5.74, 6) is -0.146. The molecule has 0 saturated carbocycles. The fourth-order valence-corrected chi connectivity index (χ4v) is 5.01. The lowest BCUT2D eigenvalue weighted by atomic mass is 10.1. The summed E-state index contributed by atoms with van der Waals surface area (Å²) in [6.07, 6.45) is 4.68. The van der Waals surface area contributed by atoms with Crippen LogP contribution in [-0.2, 0) is 14.8 Å². The molecule has 0 unspecified atom stereocenters. The average Bonchev–Trinajstić information content (AvgIpc) is 2.80. The molecule has 9 nitrogen and oxygen atoms in total. The highest BCUT2D eigenvalue weighted by Crippen LogP contribution is 2.20. The van der Waals surface area contributed by atoms with Crippen LogP contribution in [0.25, 0.3) is 0 Å². The van der Waals surface area contributed by atoms with Gasteiger partial charge in [-0.15, -0.1) is 0 Å².